The van der Waals surface area contributed by atoms with Crippen molar-refractivity contribution in [3.8, 4) is 5.75 Å². The molecule has 0 radical (unpaired) electrons. The van der Waals surface area contributed by atoms with Gasteiger partial charge < -0.3 is 15.0 Å². The first kappa shape index (κ1) is 20.0. The summed E-state index contributed by atoms with van der Waals surface area (Å²) in [5.74, 6) is 1.43. The van der Waals surface area contributed by atoms with E-state index >= 15 is 0 Å². The molecule has 0 aliphatic carbocycles. The molecule has 2 aromatic rings. The van der Waals surface area contributed by atoms with Crippen LogP contribution in [0, 0.1) is 6.92 Å². The Bertz CT molecular complexity index is 730. The van der Waals surface area contributed by atoms with Gasteiger partial charge in [-0.3, -0.25) is 4.79 Å². The number of anilines is 1. The standard InChI is InChI=1S/C20H26ClN3O2/c1-5-24(6-2)19-10-7-16(12-22-19)13-23-20(25)15(4)26-18-9-8-17(21)11-14(18)3/h7-12,15H,5-6,13H2,1-4H3,(H,23,25). The molecule has 140 valence electrons. The Morgan fingerprint density at radius 3 is 2.58 bits per heavy atom. The summed E-state index contributed by atoms with van der Waals surface area (Å²) in [5.41, 5.74) is 1.84. The van der Waals surface area contributed by atoms with Gasteiger partial charge in [-0.15, -0.1) is 0 Å². The third-order valence-corrected chi connectivity index (χ3v) is 4.41. The topological polar surface area (TPSA) is 54.5 Å². The summed E-state index contributed by atoms with van der Waals surface area (Å²) in [7, 11) is 0. The average Bonchev–Trinajstić information content (AvgIpc) is 2.64. The maximum absolute atomic E-state index is 12.3. The number of halogens is 1. The lowest BCUT2D eigenvalue weighted by Gasteiger charge is -2.20. The molecule has 26 heavy (non-hydrogen) atoms. The van der Waals surface area contributed by atoms with Crippen molar-refractivity contribution in [2.45, 2.75) is 40.3 Å². The molecule has 0 bridgehead atoms. The van der Waals surface area contributed by atoms with Gasteiger partial charge >= 0.3 is 0 Å². The van der Waals surface area contributed by atoms with Crippen LogP contribution in [0.4, 0.5) is 5.82 Å². The number of nitrogens with one attached hydrogen (secondary N) is 1. The van der Waals surface area contributed by atoms with Crippen LogP contribution in [0.5, 0.6) is 5.75 Å². The molecule has 2 rings (SSSR count). The van der Waals surface area contributed by atoms with Crippen molar-refractivity contribution in [3.05, 3.63) is 52.7 Å². The van der Waals surface area contributed by atoms with Gasteiger partial charge in [0.15, 0.2) is 6.10 Å². The molecule has 0 saturated heterocycles. The van der Waals surface area contributed by atoms with Gasteiger partial charge in [0.2, 0.25) is 0 Å². The van der Waals surface area contributed by atoms with Crippen molar-refractivity contribution in [1.82, 2.24) is 10.3 Å². The number of carbonyl (C=O) groups excluding carboxylic acids is 1. The number of hydrogen-bond donors (Lipinski definition) is 1. The van der Waals surface area contributed by atoms with E-state index in [4.69, 9.17) is 16.3 Å². The van der Waals surface area contributed by atoms with Crippen molar-refractivity contribution in [3.63, 3.8) is 0 Å². The normalized spacial score (nSPS) is 11.7. The molecule has 1 atom stereocenters. The lowest BCUT2D eigenvalue weighted by Crippen LogP contribution is -2.36. The molecule has 6 heteroatoms. The maximum Gasteiger partial charge on any atom is 0.261 e. The Morgan fingerprint density at radius 1 is 1.27 bits per heavy atom. The van der Waals surface area contributed by atoms with Crippen molar-refractivity contribution in [2.24, 2.45) is 0 Å². The van der Waals surface area contributed by atoms with E-state index in [1.807, 2.05) is 25.1 Å². The molecule has 0 aliphatic rings. The van der Waals surface area contributed by atoms with Gasteiger partial charge in [0.25, 0.3) is 5.91 Å². The van der Waals surface area contributed by atoms with Gasteiger partial charge in [-0.1, -0.05) is 17.7 Å². The number of rotatable bonds is 8. The van der Waals surface area contributed by atoms with E-state index in [1.165, 1.54) is 0 Å². The summed E-state index contributed by atoms with van der Waals surface area (Å²) in [4.78, 5) is 18.9. The van der Waals surface area contributed by atoms with Gasteiger partial charge in [-0.2, -0.15) is 0 Å². The van der Waals surface area contributed by atoms with Gasteiger partial charge in [0.1, 0.15) is 11.6 Å². The third-order valence-electron chi connectivity index (χ3n) is 4.17. The monoisotopic (exact) mass is 375 g/mol. The Morgan fingerprint density at radius 2 is 2.00 bits per heavy atom. The summed E-state index contributed by atoms with van der Waals surface area (Å²) >= 11 is 5.94. The van der Waals surface area contributed by atoms with Crippen LogP contribution in [0.25, 0.3) is 0 Å². The molecule has 1 amide bonds. The predicted molar refractivity (Wildman–Crippen MR) is 106 cm³/mol. The summed E-state index contributed by atoms with van der Waals surface area (Å²) in [6, 6.07) is 9.29. The van der Waals surface area contributed by atoms with Gasteiger partial charge in [0, 0.05) is 30.9 Å². The van der Waals surface area contributed by atoms with Crippen LogP contribution in [-0.4, -0.2) is 30.1 Å². The van der Waals surface area contributed by atoms with E-state index in [0.717, 1.165) is 30.0 Å². The molecule has 5 nitrogen and oxygen atoms in total. The predicted octanol–water partition coefficient (Wildman–Crippen LogP) is 3.97. The van der Waals surface area contributed by atoms with Crippen LogP contribution in [0.2, 0.25) is 5.02 Å². The van der Waals surface area contributed by atoms with Crippen LogP contribution in [-0.2, 0) is 11.3 Å². The first-order valence-electron chi connectivity index (χ1n) is 8.85. The maximum atomic E-state index is 12.3. The number of amides is 1. The minimum Gasteiger partial charge on any atom is -0.481 e. The number of ether oxygens (including phenoxy) is 1. The number of benzene rings is 1. The number of carbonyl (C=O) groups is 1. The fourth-order valence-electron chi connectivity index (χ4n) is 2.58. The van der Waals surface area contributed by atoms with E-state index in [0.29, 0.717) is 17.3 Å². The quantitative estimate of drug-likeness (QED) is 0.758. The number of aromatic nitrogens is 1. The highest BCUT2D eigenvalue weighted by Gasteiger charge is 2.15. The van der Waals surface area contributed by atoms with Crippen LogP contribution >= 0.6 is 11.6 Å². The van der Waals surface area contributed by atoms with Gasteiger partial charge in [-0.05, 0) is 63.1 Å². The molecule has 0 spiro atoms. The van der Waals surface area contributed by atoms with Crippen molar-refractivity contribution in [1.29, 1.82) is 0 Å². The lowest BCUT2D eigenvalue weighted by atomic mass is 10.2. The molecular weight excluding hydrogens is 350 g/mol. The van der Waals surface area contributed by atoms with Crippen LogP contribution in [0.1, 0.15) is 31.9 Å². The van der Waals surface area contributed by atoms with Gasteiger partial charge in [0.05, 0.1) is 0 Å². The summed E-state index contributed by atoms with van der Waals surface area (Å²) in [6.45, 7) is 10.1. The zero-order chi connectivity index (χ0) is 19.1. The molecule has 1 aromatic heterocycles. The Labute approximate surface area is 160 Å². The highest BCUT2D eigenvalue weighted by atomic mass is 35.5. The zero-order valence-corrected chi connectivity index (χ0v) is 16.5. The molecule has 0 fully saturated rings. The van der Waals surface area contributed by atoms with Gasteiger partial charge in [-0.25, -0.2) is 4.98 Å². The van der Waals surface area contributed by atoms with Crippen LogP contribution in [0.3, 0.4) is 0 Å². The second-order valence-corrected chi connectivity index (χ2v) is 6.52. The van der Waals surface area contributed by atoms with Crippen LogP contribution < -0.4 is 15.0 Å². The average molecular weight is 376 g/mol. The van der Waals surface area contributed by atoms with E-state index < -0.39 is 6.10 Å². The van der Waals surface area contributed by atoms with Crippen LogP contribution in [0.15, 0.2) is 36.5 Å². The smallest absolute Gasteiger partial charge is 0.261 e. The SMILES string of the molecule is CCN(CC)c1ccc(CNC(=O)C(C)Oc2ccc(Cl)cc2C)cn1. The number of nitrogens with zero attached hydrogens (tertiary/aromatic N) is 2. The zero-order valence-electron chi connectivity index (χ0n) is 15.8. The second-order valence-electron chi connectivity index (χ2n) is 6.08. The molecule has 1 unspecified atom stereocenters. The molecule has 0 saturated carbocycles. The minimum absolute atomic E-state index is 0.174. The summed E-state index contributed by atoms with van der Waals surface area (Å²) in [6.07, 6.45) is 1.20. The molecule has 1 aromatic carbocycles. The molecule has 1 N–H and O–H groups in total. The lowest BCUT2D eigenvalue weighted by molar-refractivity contribution is -0.127. The second kappa shape index (κ2) is 9.43. The largest absolute Gasteiger partial charge is 0.481 e. The molecule has 1 heterocycles. The number of hydrogen-bond acceptors (Lipinski definition) is 4. The van der Waals surface area contributed by atoms with Crippen molar-refractivity contribution >= 4 is 23.3 Å². The molecular formula is C20H26ClN3O2. The molecule has 0 aliphatic heterocycles. The Balaban J connectivity index is 1.89. The highest BCUT2D eigenvalue weighted by molar-refractivity contribution is 6.30. The Hall–Kier alpha value is -2.27. The number of pyridine rings is 1. The first-order chi connectivity index (χ1) is 12.4. The van der Waals surface area contributed by atoms with Crippen molar-refractivity contribution < 1.29 is 9.53 Å². The van der Waals surface area contributed by atoms with E-state index in [1.54, 1.807) is 25.3 Å². The first-order valence-corrected chi connectivity index (χ1v) is 9.22. The summed E-state index contributed by atoms with van der Waals surface area (Å²) in [5, 5.41) is 3.53. The Kier molecular flexibility index (Phi) is 7.27. The fraction of sp³-hybridized carbons (Fsp3) is 0.400. The minimum atomic E-state index is -0.599. The number of aryl methyl sites for hydroxylation is 1. The summed E-state index contributed by atoms with van der Waals surface area (Å²) < 4.78 is 5.74. The van der Waals surface area contributed by atoms with E-state index in [-0.39, 0.29) is 5.91 Å². The fourth-order valence-corrected chi connectivity index (χ4v) is 2.80. The van der Waals surface area contributed by atoms with E-state index in [9.17, 15) is 4.79 Å². The van der Waals surface area contributed by atoms with E-state index in [2.05, 4.69) is 29.0 Å². The van der Waals surface area contributed by atoms with Crippen molar-refractivity contribution in [2.75, 3.05) is 18.0 Å². The highest BCUT2D eigenvalue weighted by Crippen LogP contribution is 2.22. The third kappa shape index (κ3) is 5.36.